The standard InChI is InChI=1S/C14H12F3N3O2/c1-7-2-4-8(5-3-7)11-10-12(20-19-11)18-9(21)6-13(10,22)14(15,16)17/h2-5,22H,6H2,1H3,(H2,18,19,20,21). The molecule has 1 aromatic heterocycles. The summed E-state index contributed by atoms with van der Waals surface area (Å²) in [5, 5.41) is 18.6. The van der Waals surface area contributed by atoms with Gasteiger partial charge in [-0.25, -0.2) is 0 Å². The van der Waals surface area contributed by atoms with Crippen LogP contribution in [0.1, 0.15) is 17.5 Å². The topological polar surface area (TPSA) is 78.0 Å². The molecule has 1 atom stereocenters. The lowest BCUT2D eigenvalue weighted by atomic mass is 9.84. The first-order chi connectivity index (χ1) is 10.2. The number of nitrogens with zero attached hydrogens (tertiary/aromatic N) is 1. The monoisotopic (exact) mass is 311 g/mol. The summed E-state index contributed by atoms with van der Waals surface area (Å²) in [6, 6.07) is 6.71. The summed E-state index contributed by atoms with van der Waals surface area (Å²) in [4.78, 5) is 11.5. The molecule has 1 amide bonds. The van der Waals surface area contributed by atoms with Gasteiger partial charge in [-0.15, -0.1) is 0 Å². The molecule has 116 valence electrons. The molecule has 0 saturated carbocycles. The number of fused-ring (bicyclic) bond motifs is 1. The molecule has 0 bridgehead atoms. The Morgan fingerprint density at radius 2 is 1.91 bits per heavy atom. The van der Waals surface area contributed by atoms with Gasteiger partial charge >= 0.3 is 6.18 Å². The molecule has 1 aliphatic heterocycles. The van der Waals surface area contributed by atoms with Crippen LogP contribution in [0, 0.1) is 6.92 Å². The molecular formula is C14H12F3N3O2. The smallest absolute Gasteiger partial charge is 0.376 e. The van der Waals surface area contributed by atoms with Gasteiger partial charge in [-0.05, 0) is 6.92 Å². The molecule has 3 N–H and O–H groups in total. The molecule has 3 rings (SSSR count). The zero-order chi connectivity index (χ0) is 16.1. The summed E-state index contributed by atoms with van der Waals surface area (Å²) in [6.45, 7) is 1.85. The van der Waals surface area contributed by atoms with Crippen molar-refractivity contribution < 1.29 is 23.1 Å². The fraction of sp³-hybridized carbons (Fsp3) is 0.286. The van der Waals surface area contributed by atoms with Crippen LogP contribution in [0.4, 0.5) is 19.0 Å². The number of aromatic nitrogens is 2. The second kappa shape index (κ2) is 4.57. The fourth-order valence-corrected chi connectivity index (χ4v) is 2.50. The van der Waals surface area contributed by atoms with Crippen molar-refractivity contribution in [3.8, 4) is 11.3 Å². The van der Waals surface area contributed by atoms with Crippen molar-refractivity contribution in [1.29, 1.82) is 0 Å². The summed E-state index contributed by atoms with van der Waals surface area (Å²) in [5.74, 6) is -1.24. The van der Waals surface area contributed by atoms with Crippen molar-refractivity contribution in [3.05, 3.63) is 35.4 Å². The second-order valence-electron chi connectivity index (χ2n) is 5.27. The summed E-state index contributed by atoms with van der Waals surface area (Å²) < 4.78 is 40.0. The van der Waals surface area contributed by atoms with Crippen molar-refractivity contribution >= 4 is 11.7 Å². The van der Waals surface area contributed by atoms with E-state index in [1.165, 1.54) is 0 Å². The van der Waals surface area contributed by atoms with Crippen molar-refractivity contribution in [3.63, 3.8) is 0 Å². The highest BCUT2D eigenvalue weighted by atomic mass is 19.4. The quantitative estimate of drug-likeness (QED) is 0.757. The lowest BCUT2D eigenvalue weighted by molar-refractivity contribution is -0.267. The number of aromatic amines is 1. The summed E-state index contributed by atoms with van der Waals surface area (Å²) >= 11 is 0. The number of halogens is 3. The lowest BCUT2D eigenvalue weighted by Crippen LogP contribution is -2.48. The summed E-state index contributed by atoms with van der Waals surface area (Å²) in [6.07, 6.45) is -6.09. The number of rotatable bonds is 1. The minimum atomic E-state index is -5.00. The highest BCUT2D eigenvalue weighted by Crippen LogP contribution is 2.49. The number of aryl methyl sites for hydroxylation is 1. The zero-order valence-electron chi connectivity index (χ0n) is 11.5. The third kappa shape index (κ3) is 2.07. The first-order valence-corrected chi connectivity index (χ1v) is 6.47. The maximum absolute atomic E-state index is 13.3. The van der Waals surface area contributed by atoms with Crippen LogP contribution in [0.25, 0.3) is 11.3 Å². The largest absolute Gasteiger partial charge is 0.422 e. The van der Waals surface area contributed by atoms with Crippen molar-refractivity contribution in [2.45, 2.75) is 25.1 Å². The average Bonchev–Trinajstić information content (AvgIpc) is 2.82. The van der Waals surface area contributed by atoms with Crippen LogP contribution in [0.3, 0.4) is 0 Å². The first-order valence-electron chi connectivity index (χ1n) is 6.47. The normalized spacial score (nSPS) is 21.4. The van der Waals surface area contributed by atoms with Gasteiger partial charge < -0.3 is 10.4 Å². The number of carbonyl (C=O) groups is 1. The third-order valence-electron chi connectivity index (χ3n) is 3.66. The number of aliphatic hydroxyl groups is 1. The number of amides is 1. The van der Waals surface area contributed by atoms with Gasteiger partial charge in [-0.1, -0.05) is 29.8 Å². The van der Waals surface area contributed by atoms with Crippen LogP contribution in [0.15, 0.2) is 24.3 Å². The number of nitrogens with one attached hydrogen (secondary N) is 2. The SMILES string of the molecule is Cc1ccc(-c2[nH]nc3c2C(O)(C(F)(F)F)CC(=O)N3)cc1. The van der Waals surface area contributed by atoms with Crippen LogP contribution >= 0.6 is 0 Å². The first kappa shape index (κ1) is 14.6. The van der Waals surface area contributed by atoms with E-state index in [1.807, 2.05) is 6.92 Å². The van der Waals surface area contributed by atoms with Gasteiger partial charge in [0.05, 0.1) is 17.7 Å². The molecule has 1 aliphatic rings. The number of H-pyrrole nitrogens is 1. The number of hydrogen-bond donors (Lipinski definition) is 3. The Bertz CT molecular complexity index is 737. The molecule has 22 heavy (non-hydrogen) atoms. The van der Waals surface area contributed by atoms with Gasteiger partial charge in [-0.2, -0.15) is 18.3 Å². The van der Waals surface area contributed by atoms with E-state index in [-0.39, 0.29) is 11.5 Å². The molecule has 1 aromatic carbocycles. The molecule has 2 heterocycles. The molecule has 5 nitrogen and oxygen atoms in total. The van der Waals surface area contributed by atoms with Gasteiger partial charge in [0.25, 0.3) is 0 Å². The van der Waals surface area contributed by atoms with E-state index in [9.17, 15) is 23.1 Å². The van der Waals surface area contributed by atoms with Gasteiger partial charge in [0.15, 0.2) is 11.4 Å². The van der Waals surface area contributed by atoms with E-state index < -0.39 is 29.7 Å². The van der Waals surface area contributed by atoms with Crippen LogP contribution in [-0.2, 0) is 10.4 Å². The van der Waals surface area contributed by atoms with Crippen LogP contribution in [0.2, 0.25) is 0 Å². The Morgan fingerprint density at radius 1 is 1.27 bits per heavy atom. The second-order valence-corrected chi connectivity index (χ2v) is 5.27. The van der Waals surface area contributed by atoms with E-state index >= 15 is 0 Å². The highest BCUT2D eigenvalue weighted by molar-refractivity contribution is 5.96. The molecule has 0 fully saturated rings. The maximum Gasteiger partial charge on any atom is 0.422 e. The number of hydrogen-bond acceptors (Lipinski definition) is 3. The van der Waals surface area contributed by atoms with Gasteiger partial charge in [0.1, 0.15) is 0 Å². The van der Waals surface area contributed by atoms with Crippen LogP contribution in [0.5, 0.6) is 0 Å². The molecule has 0 saturated heterocycles. The molecule has 0 aliphatic carbocycles. The van der Waals surface area contributed by atoms with Gasteiger partial charge in [-0.3, -0.25) is 9.89 Å². The summed E-state index contributed by atoms with van der Waals surface area (Å²) in [5.41, 5.74) is -2.30. The molecule has 8 heteroatoms. The van der Waals surface area contributed by atoms with E-state index in [4.69, 9.17) is 0 Å². The predicted octanol–water partition coefficient (Wildman–Crippen LogP) is 2.48. The number of benzene rings is 1. The fourth-order valence-electron chi connectivity index (χ4n) is 2.50. The minimum Gasteiger partial charge on any atom is -0.376 e. The van der Waals surface area contributed by atoms with E-state index in [2.05, 4.69) is 15.5 Å². The number of anilines is 1. The van der Waals surface area contributed by atoms with E-state index in [0.29, 0.717) is 5.56 Å². The van der Waals surface area contributed by atoms with Crippen molar-refractivity contribution in [1.82, 2.24) is 10.2 Å². The van der Waals surface area contributed by atoms with Gasteiger partial charge in [0, 0.05) is 5.56 Å². The number of alkyl halides is 3. The lowest BCUT2D eigenvalue weighted by Gasteiger charge is -2.33. The Hall–Kier alpha value is -2.35. The Balaban J connectivity index is 2.22. The van der Waals surface area contributed by atoms with Crippen molar-refractivity contribution in [2.75, 3.05) is 5.32 Å². The Morgan fingerprint density at radius 3 is 2.50 bits per heavy atom. The number of carbonyl (C=O) groups excluding carboxylic acids is 1. The summed E-state index contributed by atoms with van der Waals surface area (Å²) in [7, 11) is 0. The van der Waals surface area contributed by atoms with E-state index in [0.717, 1.165) is 5.56 Å². The molecular weight excluding hydrogens is 299 g/mol. The average molecular weight is 311 g/mol. The highest BCUT2D eigenvalue weighted by Gasteiger charge is 2.60. The van der Waals surface area contributed by atoms with Crippen molar-refractivity contribution in [2.24, 2.45) is 0 Å². The molecule has 0 spiro atoms. The maximum atomic E-state index is 13.3. The third-order valence-corrected chi connectivity index (χ3v) is 3.66. The zero-order valence-corrected chi connectivity index (χ0v) is 11.5. The molecule has 1 unspecified atom stereocenters. The Kier molecular flexibility index (Phi) is 3.03. The predicted molar refractivity (Wildman–Crippen MR) is 72.0 cm³/mol. The molecule has 2 aromatic rings. The van der Waals surface area contributed by atoms with Gasteiger partial charge in [0.2, 0.25) is 5.91 Å². The molecule has 0 radical (unpaired) electrons. The van der Waals surface area contributed by atoms with Crippen LogP contribution < -0.4 is 5.32 Å². The van der Waals surface area contributed by atoms with E-state index in [1.54, 1.807) is 24.3 Å². The Labute approximate surface area is 123 Å². The minimum absolute atomic E-state index is 0.0369. The van der Waals surface area contributed by atoms with Crippen LogP contribution in [-0.4, -0.2) is 27.4 Å².